The zero-order valence-corrected chi connectivity index (χ0v) is 15.0. The van der Waals surface area contributed by atoms with Crippen molar-refractivity contribution in [3.63, 3.8) is 0 Å². The van der Waals surface area contributed by atoms with Crippen LogP contribution in [-0.2, 0) is 16.0 Å². The van der Waals surface area contributed by atoms with Crippen molar-refractivity contribution in [2.24, 2.45) is 11.7 Å². The Balaban J connectivity index is 1.37. The Bertz CT molecular complexity index is 983. The van der Waals surface area contributed by atoms with Crippen LogP contribution in [0.1, 0.15) is 30.9 Å². The lowest BCUT2D eigenvalue weighted by atomic mass is 9.78. The molecule has 0 atom stereocenters. The first-order chi connectivity index (χ1) is 13.1. The minimum atomic E-state index is -0.245. The second-order valence-electron chi connectivity index (χ2n) is 7.23. The van der Waals surface area contributed by atoms with Crippen molar-refractivity contribution in [2.75, 3.05) is 5.32 Å². The monoisotopic (exact) mass is 362 g/mol. The van der Waals surface area contributed by atoms with Gasteiger partial charge in [-0.2, -0.15) is 0 Å². The summed E-state index contributed by atoms with van der Waals surface area (Å²) in [7, 11) is 0. The number of carbonyl (C=O) groups is 2. The van der Waals surface area contributed by atoms with Gasteiger partial charge in [0.15, 0.2) is 5.82 Å². The van der Waals surface area contributed by atoms with E-state index in [0.717, 1.165) is 29.2 Å². The van der Waals surface area contributed by atoms with Crippen LogP contribution in [0.15, 0.2) is 55.0 Å². The molecule has 3 aromatic rings. The smallest absolute Gasteiger partial charge is 0.230 e. The molecule has 0 radical (unpaired) electrons. The summed E-state index contributed by atoms with van der Waals surface area (Å²) in [5, 5.41) is 5.10. The Morgan fingerprint density at radius 3 is 2.74 bits per heavy atom. The molecule has 0 bridgehead atoms. The van der Waals surface area contributed by atoms with Crippen molar-refractivity contribution in [2.45, 2.75) is 31.7 Å². The molecule has 3 N–H and O–H groups in total. The number of fused-ring (bicyclic) bond motifs is 1. The highest BCUT2D eigenvalue weighted by molar-refractivity contribution is 5.95. The summed E-state index contributed by atoms with van der Waals surface area (Å²) in [6.45, 7) is 0. The minimum absolute atomic E-state index is 0.0863. The number of carbonyl (C=O) groups excluding carboxylic acids is 2. The number of hydrogen-bond acceptors (Lipinski definition) is 3. The molecule has 138 valence electrons. The lowest BCUT2D eigenvalue weighted by Crippen LogP contribution is -2.29. The van der Waals surface area contributed by atoms with Crippen LogP contribution in [0.2, 0.25) is 0 Å². The van der Waals surface area contributed by atoms with E-state index in [1.165, 1.54) is 0 Å². The van der Waals surface area contributed by atoms with Gasteiger partial charge in [-0.05, 0) is 35.1 Å². The molecule has 1 heterocycles. The molecule has 0 aliphatic heterocycles. The summed E-state index contributed by atoms with van der Waals surface area (Å²) < 4.78 is 2.00. The van der Waals surface area contributed by atoms with Crippen molar-refractivity contribution in [1.82, 2.24) is 9.55 Å². The Morgan fingerprint density at radius 1 is 1.15 bits per heavy atom. The lowest BCUT2D eigenvalue weighted by Gasteiger charge is -2.35. The fourth-order valence-corrected chi connectivity index (χ4v) is 3.80. The highest BCUT2D eigenvalue weighted by Crippen LogP contribution is 2.39. The van der Waals surface area contributed by atoms with Crippen LogP contribution in [0.4, 0.5) is 5.82 Å². The number of amides is 2. The summed E-state index contributed by atoms with van der Waals surface area (Å²) in [6.07, 6.45) is 6.17. The molecule has 1 aliphatic carbocycles. The Labute approximate surface area is 157 Å². The van der Waals surface area contributed by atoms with Gasteiger partial charge in [0.25, 0.3) is 0 Å². The normalized spacial score (nSPS) is 18.8. The van der Waals surface area contributed by atoms with Gasteiger partial charge in [-0.25, -0.2) is 4.98 Å². The average Bonchev–Trinajstić information content (AvgIpc) is 3.05. The molecule has 4 rings (SSSR count). The van der Waals surface area contributed by atoms with E-state index in [1.54, 1.807) is 6.33 Å². The molecule has 6 heteroatoms. The maximum absolute atomic E-state index is 12.4. The molecule has 1 saturated carbocycles. The van der Waals surface area contributed by atoms with Crippen LogP contribution >= 0.6 is 0 Å². The van der Waals surface area contributed by atoms with Crippen molar-refractivity contribution < 1.29 is 9.59 Å². The Hall–Kier alpha value is -3.15. The van der Waals surface area contributed by atoms with Crippen molar-refractivity contribution in [3.8, 4) is 0 Å². The van der Waals surface area contributed by atoms with Gasteiger partial charge in [-0.1, -0.05) is 42.5 Å². The largest absolute Gasteiger partial charge is 0.370 e. The van der Waals surface area contributed by atoms with Gasteiger partial charge in [-0.15, -0.1) is 0 Å². The molecule has 0 unspecified atom stereocenters. The summed E-state index contributed by atoms with van der Waals surface area (Å²) in [4.78, 5) is 27.7. The van der Waals surface area contributed by atoms with Crippen LogP contribution in [-0.4, -0.2) is 21.4 Å². The van der Waals surface area contributed by atoms with Gasteiger partial charge in [0.1, 0.15) is 0 Å². The quantitative estimate of drug-likeness (QED) is 0.706. The number of imidazole rings is 1. The maximum Gasteiger partial charge on any atom is 0.230 e. The van der Waals surface area contributed by atoms with Gasteiger partial charge in [0.05, 0.1) is 12.7 Å². The lowest BCUT2D eigenvalue weighted by molar-refractivity contribution is -0.120. The fraction of sp³-hybridized carbons (Fsp3) is 0.286. The minimum Gasteiger partial charge on any atom is -0.370 e. The van der Waals surface area contributed by atoms with E-state index >= 15 is 0 Å². The zero-order chi connectivity index (χ0) is 18.8. The van der Waals surface area contributed by atoms with Crippen molar-refractivity contribution in [1.29, 1.82) is 0 Å². The van der Waals surface area contributed by atoms with Gasteiger partial charge >= 0.3 is 0 Å². The first kappa shape index (κ1) is 17.3. The second-order valence-corrected chi connectivity index (χ2v) is 7.23. The maximum atomic E-state index is 12.4. The number of primary amides is 1. The first-order valence-corrected chi connectivity index (χ1v) is 9.17. The molecule has 6 nitrogen and oxygen atoms in total. The summed E-state index contributed by atoms with van der Waals surface area (Å²) in [5.74, 6) is 0.583. The highest BCUT2D eigenvalue weighted by Gasteiger charge is 2.31. The van der Waals surface area contributed by atoms with Crippen LogP contribution in [0, 0.1) is 5.92 Å². The van der Waals surface area contributed by atoms with E-state index < -0.39 is 0 Å². The van der Waals surface area contributed by atoms with Crippen LogP contribution < -0.4 is 11.1 Å². The van der Waals surface area contributed by atoms with E-state index in [-0.39, 0.29) is 11.8 Å². The third-order valence-electron chi connectivity index (χ3n) is 5.22. The molecule has 1 fully saturated rings. The number of hydrogen-bond donors (Lipinski definition) is 2. The Kier molecular flexibility index (Phi) is 4.62. The molecule has 0 spiro atoms. The third kappa shape index (κ3) is 3.84. The van der Waals surface area contributed by atoms with Gasteiger partial charge < -0.3 is 15.6 Å². The highest BCUT2D eigenvalue weighted by atomic mass is 16.2. The molecule has 1 aromatic heterocycles. The average molecular weight is 362 g/mol. The zero-order valence-electron chi connectivity index (χ0n) is 15.0. The van der Waals surface area contributed by atoms with Gasteiger partial charge in [0.2, 0.25) is 11.8 Å². The van der Waals surface area contributed by atoms with Crippen molar-refractivity contribution >= 4 is 28.4 Å². The predicted molar refractivity (Wildman–Crippen MR) is 104 cm³/mol. The second kappa shape index (κ2) is 7.23. The van der Waals surface area contributed by atoms with Crippen molar-refractivity contribution in [3.05, 3.63) is 60.6 Å². The summed E-state index contributed by atoms with van der Waals surface area (Å²) in [6, 6.07) is 14.4. The van der Waals surface area contributed by atoms with Crippen LogP contribution in [0.5, 0.6) is 0 Å². The topological polar surface area (TPSA) is 90.0 Å². The number of benzene rings is 2. The number of nitrogens with one attached hydrogen (secondary N) is 1. The number of rotatable bonds is 6. The summed E-state index contributed by atoms with van der Waals surface area (Å²) >= 11 is 0. The van der Waals surface area contributed by atoms with Gasteiger partial charge in [-0.3, -0.25) is 9.59 Å². The first-order valence-electron chi connectivity index (χ1n) is 9.17. The van der Waals surface area contributed by atoms with Crippen LogP contribution in [0.25, 0.3) is 10.8 Å². The number of nitrogens with two attached hydrogens (primary N) is 1. The third-order valence-corrected chi connectivity index (χ3v) is 5.22. The molecule has 0 saturated heterocycles. The molecule has 27 heavy (non-hydrogen) atoms. The molecular formula is C21H22N4O2. The molecule has 2 amide bonds. The number of anilines is 1. The Morgan fingerprint density at radius 2 is 1.93 bits per heavy atom. The fourth-order valence-electron chi connectivity index (χ4n) is 3.80. The number of nitrogens with zero attached hydrogens (tertiary/aromatic N) is 2. The van der Waals surface area contributed by atoms with E-state index in [1.807, 2.05) is 53.2 Å². The number of aromatic nitrogens is 2. The van der Waals surface area contributed by atoms with E-state index in [4.69, 9.17) is 5.73 Å². The predicted octanol–water partition coefficient (Wildman–Crippen LogP) is 3.04. The molecule has 1 aliphatic rings. The van der Waals surface area contributed by atoms with Gasteiger partial charge in [0, 0.05) is 18.7 Å². The van der Waals surface area contributed by atoms with Crippen LogP contribution in [0.3, 0.4) is 0 Å². The van der Waals surface area contributed by atoms with E-state index in [2.05, 4.69) is 10.3 Å². The van der Waals surface area contributed by atoms with E-state index in [0.29, 0.717) is 30.6 Å². The van der Waals surface area contributed by atoms with E-state index in [9.17, 15) is 9.59 Å². The summed E-state index contributed by atoms with van der Waals surface area (Å²) in [5.41, 5.74) is 6.24. The molecular weight excluding hydrogens is 340 g/mol. The molecule has 2 aromatic carbocycles. The SMILES string of the molecule is NC(=O)CC1CC(n2cnc(NC(=O)Cc3cccc4ccccc34)c2)C1. The standard InChI is InChI=1S/C21H22N4O2/c22-19(26)10-14-8-17(9-14)25-12-20(23-13-25)24-21(27)11-16-6-3-5-15-4-1-2-7-18(15)16/h1-7,12-14,17H,8-11H2,(H2,22,26)(H,24,27).